The zero-order chi connectivity index (χ0) is 15.4. The van der Waals surface area contributed by atoms with Crippen molar-refractivity contribution in [2.45, 2.75) is 6.92 Å². The van der Waals surface area contributed by atoms with Crippen LogP contribution >= 0.6 is 11.6 Å². The number of hydrogen-bond donors (Lipinski definition) is 3. The Hall–Kier alpha value is -1.03. The predicted molar refractivity (Wildman–Crippen MR) is 80.5 cm³/mol. The van der Waals surface area contributed by atoms with Crippen LogP contribution in [0.15, 0.2) is 24.3 Å². The highest BCUT2D eigenvalue weighted by molar-refractivity contribution is 7.92. The van der Waals surface area contributed by atoms with E-state index in [1.165, 1.54) is 24.3 Å². The molecule has 0 heterocycles. The lowest BCUT2D eigenvalue weighted by atomic mass is 10.3. The Bertz CT molecular complexity index is 661. The molecule has 4 N–H and O–H groups in total. The van der Waals surface area contributed by atoms with Crippen molar-refractivity contribution in [3.8, 4) is 0 Å². The zero-order valence-corrected chi connectivity index (χ0v) is 13.1. The second kappa shape index (κ2) is 6.61. The molecule has 1 atom stereocenters. The Balaban J connectivity index is 2.86. The first-order chi connectivity index (χ1) is 9.11. The van der Waals surface area contributed by atoms with Gasteiger partial charge < -0.3 is 0 Å². The molecule has 0 bridgehead atoms. The highest BCUT2D eigenvalue weighted by Crippen LogP contribution is 2.17. The molecule has 1 aromatic rings. The van der Waals surface area contributed by atoms with Crippen molar-refractivity contribution < 1.29 is 16.8 Å². The Labute approximate surface area is 123 Å². The van der Waals surface area contributed by atoms with Gasteiger partial charge in [-0.15, -0.1) is 11.6 Å². The second-order valence-corrected chi connectivity index (χ2v) is 7.74. The van der Waals surface area contributed by atoms with Crippen LogP contribution < -0.4 is 14.6 Å². The van der Waals surface area contributed by atoms with Crippen LogP contribution in [0.4, 0.5) is 11.4 Å². The van der Waals surface area contributed by atoms with Gasteiger partial charge in [0.25, 0.3) is 10.2 Å². The average Bonchev–Trinajstić information content (AvgIpc) is 2.25. The van der Waals surface area contributed by atoms with Crippen LogP contribution in [0.5, 0.6) is 0 Å². The fourth-order valence-electron chi connectivity index (χ4n) is 1.45. The van der Waals surface area contributed by atoms with Crippen LogP contribution in [-0.2, 0) is 20.2 Å². The molecule has 0 aliphatic carbocycles. The summed E-state index contributed by atoms with van der Waals surface area (Å²) in [6.07, 6.45) is 0. The summed E-state index contributed by atoms with van der Waals surface area (Å²) >= 11 is 5.58. The second-order valence-electron chi connectivity index (χ2n) is 4.37. The Kier molecular flexibility index (Phi) is 5.63. The van der Waals surface area contributed by atoms with Gasteiger partial charge in [-0.25, -0.2) is 13.6 Å². The first-order valence-electron chi connectivity index (χ1n) is 5.58. The first-order valence-corrected chi connectivity index (χ1v) is 9.31. The summed E-state index contributed by atoms with van der Waals surface area (Å²) in [5.41, 5.74) is 0.401. The standard InChI is InChI=1S/C10H16ClN3O4S2/c1-8(6-11)7-19(15,16)13-9-3-2-4-10(5-9)14-20(12,17)18/h2-5,8,13-14H,6-7H2,1H3,(H2,12,17,18). The van der Waals surface area contributed by atoms with Gasteiger partial charge in [-0.2, -0.15) is 8.42 Å². The molecule has 0 aliphatic heterocycles. The maximum absolute atomic E-state index is 11.8. The summed E-state index contributed by atoms with van der Waals surface area (Å²) in [5, 5.41) is 4.84. The van der Waals surface area contributed by atoms with Crippen LogP contribution in [0, 0.1) is 5.92 Å². The SMILES string of the molecule is CC(CCl)CS(=O)(=O)Nc1cccc(NS(N)(=O)=O)c1. The van der Waals surface area contributed by atoms with Gasteiger partial charge in [-0.3, -0.25) is 9.44 Å². The Morgan fingerprint density at radius 2 is 1.75 bits per heavy atom. The number of sulfonamides is 1. The third-order valence-electron chi connectivity index (χ3n) is 2.16. The van der Waals surface area contributed by atoms with Crippen LogP contribution in [0.2, 0.25) is 0 Å². The molecule has 7 nitrogen and oxygen atoms in total. The molecule has 0 radical (unpaired) electrons. The fraction of sp³-hybridized carbons (Fsp3) is 0.400. The van der Waals surface area contributed by atoms with E-state index in [-0.39, 0.29) is 28.9 Å². The van der Waals surface area contributed by atoms with E-state index in [1.54, 1.807) is 6.92 Å². The number of halogens is 1. The number of rotatable bonds is 7. The highest BCUT2D eigenvalue weighted by atomic mass is 35.5. The number of alkyl halides is 1. The lowest BCUT2D eigenvalue weighted by Gasteiger charge is -2.12. The molecule has 0 spiro atoms. The van der Waals surface area contributed by atoms with Crippen molar-refractivity contribution in [3.05, 3.63) is 24.3 Å². The van der Waals surface area contributed by atoms with Gasteiger partial charge in [-0.05, 0) is 24.1 Å². The van der Waals surface area contributed by atoms with Crippen LogP contribution in [-0.4, -0.2) is 28.5 Å². The summed E-state index contributed by atoms with van der Waals surface area (Å²) in [6, 6.07) is 5.77. The van der Waals surface area contributed by atoms with Crippen molar-refractivity contribution in [1.29, 1.82) is 0 Å². The predicted octanol–water partition coefficient (Wildman–Crippen LogP) is 0.919. The molecule has 1 rings (SSSR count). The third kappa shape index (κ3) is 6.42. The molecule has 114 valence electrons. The third-order valence-corrected chi connectivity index (χ3v) is 4.76. The minimum atomic E-state index is -3.91. The Morgan fingerprint density at radius 3 is 2.25 bits per heavy atom. The number of anilines is 2. The molecule has 0 aliphatic rings. The molecule has 0 aromatic heterocycles. The number of nitrogens with one attached hydrogen (secondary N) is 2. The van der Waals surface area contributed by atoms with Gasteiger partial charge in [0.15, 0.2) is 0 Å². The molecule has 10 heteroatoms. The van der Waals surface area contributed by atoms with E-state index < -0.39 is 20.2 Å². The lowest BCUT2D eigenvalue weighted by molar-refractivity contribution is 0.588. The summed E-state index contributed by atoms with van der Waals surface area (Å²) in [6.45, 7) is 1.71. The molecule has 0 fully saturated rings. The topological polar surface area (TPSA) is 118 Å². The molecular formula is C10H16ClN3O4S2. The van der Waals surface area contributed by atoms with Crippen molar-refractivity contribution in [1.82, 2.24) is 0 Å². The molecule has 0 saturated heterocycles. The monoisotopic (exact) mass is 341 g/mol. The van der Waals surface area contributed by atoms with Gasteiger partial charge >= 0.3 is 0 Å². The highest BCUT2D eigenvalue weighted by Gasteiger charge is 2.15. The maximum atomic E-state index is 11.8. The van der Waals surface area contributed by atoms with Gasteiger partial charge in [-0.1, -0.05) is 13.0 Å². The molecular weight excluding hydrogens is 326 g/mol. The van der Waals surface area contributed by atoms with Gasteiger partial charge in [0, 0.05) is 5.88 Å². The van der Waals surface area contributed by atoms with Crippen LogP contribution in [0.25, 0.3) is 0 Å². The zero-order valence-electron chi connectivity index (χ0n) is 10.7. The molecule has 1 unspecified atom stereocenters. The maximum Gasteiger partial charge on any atom is 0.296 e. The number of benzene rings is 1. The largest absolute Gasteiger partial charge is 0.296 e. The quantitative estimate of drug-likeness (QED) is 0.639. The van der Waals surface area contributed by atoms with Crippen LogP contribution in [0.1, 0.15) is 6.92 Å². The van der Waals surface area contributed by atoms with E-state index in [1.807, 2.05) is 0 Å². The summed E-state index contributed by atoms with van der Waals surface area (Å²) in [7, 11) is -7.45. The normalized spacial score (nSPS) is 13.8. The van der Waals surface area contributed by atoms with E-state index in [9.17, 15) is 16.8 Å². The van der Waals surface area contributed by atoms with Crippen molar-refractivity contribution in [2.75, 3.05) is 21.1 Å². The minimum Gasteiger partial charge on any atom is -0.283 e. The van der Waals surface area contributed by atoms with Crippen molar-refractivity contribution in [3.63, 3.8) is 0 Å². The number of hydrogen-bond acceptors (Lipinski definition) is 4. The lowest BCUT2D eigenvalue weighted by Crippen LogP contribution is -2.23. The Morgan fingerprint density at radius 1 is 1.20 bits per heavy atom. The average molecular weight is 342 g/mol. The van der Waals surface area contributed by atoms with E-state index in [2.05, 4.69) is 9.44 Å². The van der Waals surface area contributed by atoms with Gasteiger partial charge in [0.05, 0.1) is 17.1 Å². The fourth-order valence-corrected chi connectivity index (χ4v) is 3.58. The van der Waals surface area contributed by atoms with Crippen molar-refractivity contribution >= 4 is 43.2 Å². The molecule has 20 heavy (non-hydrogen) atoms. The van der Waals surface area contributed by atoms with E-state index in [0.717, 1.165) is 0 Å². The van der Waals surface area contributed by atoms with Gasteiger partial charge in [0.1, 0.15) is 0 Å². The number of nitrogens with two attached hydrogens (primary N) is 1. The smallest absolute Gasteiger partial charge is 0.283 e. The van der Waals surface area contributed by atoms with Gasteiger partial charge in [0.2, 0.25) is 10.0 Å². The van der Waals surface area contributed by atoms with Crippen LogP contribution in [0.3, 0.4) is 0 Å². The molecule has 1 aromatic carbocycles. The minimum absolute atomic E-state index is 0.122. The first kappa shape index (κ1) is 17.0. The molecule has 0 amide bonds. The molecule has 0 saturated carbocycles. The van der Waals surface area contributed by atoms with E-state index in [4.69, 9.17) is 16.7 Å². The summed E-state index contributed by atoms with van der Waals surface area (Å²) in [5.74, 6) is -0.0861. The van der Waals surface area contributed by atoms with E-state index >= 15 is 0 Å². The van der Waals surface area contributed by atoms with E-state index in [0.29, 0.717) is 0 Å². The summed E-state index contributed by atoms with van der Waals surface area (Å²) in [4.78, 5) is 0. The van der Waals surface area contributed by atoms with Crippen molar-refractivity contribution in [2.24, 2.45) is 11.1 Å². The summed E-state index contributed by atoms with van der Waals surface area (Å²) < 4.78 is 49.9.